The monoisotopic (exact) mass is 307 g/mol. The Kier molecular flexibility index (Phi) is 3.88. The average molecular weight is 307 g/mol. The Morgan fingerprint density at radius 2 is 1.74 bits per heavy atom. The lowest BCUT2D eigenvalue weighted by molar-refractivity contribution is 0.0691. The fourth-order valence-electron chi connectivity index (χ4n) is 2.07. The molecule has 6 heteroatoms. The molecule has 3 N–H and O–H groups in total. The molecule has 0 saturated carbocycles. The SMILES string of the molecule is Nc1ncc(-c2ccccc2Oc2ccccc2)nc1C(=O)O. The van der Waals surface area contributed by atoms with Gasteiger partial charge in [0.1, 0.15) is 11.5 Å². The molecule has 3 aromatic rings. The third-order valence-corrected chi connectivity index (χ3v) is 3.14. The molecular weight excluding hydrogens is 294 g/mol. The zero-order valence-corrected chi connectivity index (χ0v) is 12.0. The lowest BCUT2D eigenvalue weighted by Gasteiger charge is -2.11. The zero-order chi connectivity index (χ0) is 16.2. The van der Waals surface area contributed by atoms with Crippen molar-refractivity contribution in [2.75, 3.05) is 5.73 Å². The number of para-hydroxylation sites is 2. The molecule has 0 amide bonds. The number of nitrogens with two attached hydrogens (primary N) is 1. The van der Waals surface area contributed by atoms with Crippen molar-refractivity contribution >= 4 is 11.8 Å². The van der Waals surface area contributed by atoms with Crippen LogP contribution in [0.4, 0.5) is 5.82 Å². The van der Waals surface area contributed by atoms with Gasteiger partial charge in [0.05, 0.1) is 11.9 Å². The number of benzene rings is 2. The number of nitrogen functional groups attached to an aromatic ring is 1. The van der Waals surface area contributed by atoms with Crippen LogP contribution in [0.25, 0.3) is 11.3 Å². The van der Waals surface area contributed by atoms with Crippen LogP contribution in [0.1, 0.15) is 10.5 Å². The first-order chi connectivity index (χ1) is 11.1. The lowest BCUT2D eigenvalue weighted by Crippen LogP contribution is -2.08. The van der Waals surface area contributed by atoms with Gasteiger partial charge in [-0.25, -0.2) is 14.8 Å². The van der Waals surface area contributed by atoms with E-state index in [-0.39, 0.29) is 11.5 Å². The van der Waals surface area contributed by atoms with Crippen molar-refractivity contribution in [1.82, 2.24) is 9.97 Å². The van der Waals surface area contributed by atoms with Crippen molar-refractivity contribution in [2.24, 2.45) is 0 Å². The first kappa shape index (κ1) is 14.5. The summed E-state index contributed by atoms with van der Waals surface area (Å²) in [6, 6.07) is 16.5. The smallest absolute Gasteiger partial charge is 0.358 e. The number of anilines is 1. The summed E-state index contributed by atoms with van der Waals surface area (Å²) in [5.41, 5.74) is 6.27. The van der Waals surface area contributed by atoms with Crippen LogP contribution in [-0.4, -0.2) is 21.0 Å². The van der Waals surface area contributed by atoms with Gasteiger partial charge in [-0.1, -0.05) is 30.3 Å². The van der Waals surface area contributed by atoms with Crippen molar-refractivity contribution in [3.8, 4) is 22.8 Å². The van der Waals surface area contributed by atoms with E-state index >= 15 is 0 Å². The second-order valence-corrected chi connectivity index (χ2v) is 4.71. The number of aromatic nitrogens is 2. The van der Waals surface area contributed by atoms with Crippen LogP contribution in [0.3, 0.4) is 0 Å². The van der Waals surface area contributed by atoms with E-state index < -0.39 is 5.97 Å². The van der Waals surface area contributed by atoms with E-state index in [9.17, 15) is 4.79 Å². The Morgan fingerprint density at radius 1 is 1.04 bits per heavy atom. The zero-order valence-electron chi connectivity index (χ0n) is 12.0. The number of carbonyl (C=O) groups is 1. The fourth-order valence-corrected chi connectivity index (χ4v) is 2.07. The minimum absolute atomic E-state index is 0.122. The maximum absolute atomic E-state index is 11.2. The molecule has 0 aliphatic rings. The highest BCUT2D eigenvalue weighted by Gasteiger charge is 2.15. The predicted molar refractivity (Wildman–Crippen MR) is 85.4 cm³/mol. The fraction of sp³-hybridized carbons (Fsp3) is 0. The summed E-state index contributed by atoms with van der Waals surface area (Å²) in [5, 5.41) is 9.13. The van der Waals surface area contributed by atoms with Crippen molar-refractivity contribution in [3.63, 3.8) is 0 Å². The molecule has 0 atom stereocenters. The van der Waals surface area contributed by atoms with E-state index in [4.69, 9.17) is 15.6 Å². The van der Waals surface area contributed by atoms with Crippen LogP contribution < -0.4 is 10.5 Å². The Hall–Kier alpha value is -3.41. The molecule has 0 radical (unpaired) electrons. The van der Waals surface area contributed by atoms with Gasteiger partial charge in [0, 0.05) is 5.56 Å². The highest BCUT2D eigenvalue weighted by atomic mass is 16.5. The molecule has 2 aromatic carbocycles. The van der Waals surface area contributed by atoms with Crippen LogP contribution in [0.2, 0.25) is 0 Å². The third-order valence-electron chi connectivity index (χ3n) is 3.14. The molecule has 0 aliphatic carbocycles. The van der Waals surface area contributed by atoms with Crippen LogP contribution in [0, 0.1) is 0 Å². The van der Waals surface area contributed by atoms with Crippen molar-refractivity contribution in [3.05, 3.63) is 66.5 Å². The molecule has 1 aromatic heterocycles. The van der Waals surface area contributed by atoms with E-state index in [2.05, 4.69) is 9.97 Å². The molecule has 0 bridgehead atoms. The number of rotatable bonds is 4. The van der Waals surface area contributed by atoms with E-state index in [1.54, 1.807) is 12.1 Å². The molecule has 3 rings (SSSR count). The summed E-state index contributed by atoms with van der Waals surface area (Å²) >= 11 is 0. The topological polar surface area (TPSA) is 98.3 Å². The molecule has 0 saturated heterocycles. The van der Waals surface area contributed by atoms with Gasteiger partial charge in [0.15, 0.2) is 11.5 Å². The number of hydrogen-bond acceptors (Lipinski definition) is 5. The first-order valence-electron chi connectivity index (χ1n) is 6.83. The standard InChI is InChI=1S/C17H13N3O3/c18-16-15(17(21)22)20-13(10-19-16)12-8-4-5-9-14(12)23-11-6-2-1-3-7-11/h1-10H,(H2,18,19)(H,21,22). The lowest BCUT2D eigenvalue weighted by atomic mass is 10.1. The van der Waals surface area contributed by atoms with Gasteiger partial charge in [0.2, 0.25) is 0 Å². The van der Waals surface area contributed by atoms with Crippen molar-refractivity contribution < 1.29 is 14.6 Å². The highest BCUT2D eigenvalue weighted by Crippen LogP contribution is 2.32. The Balaban J connectivity index is 2.04. The minimum Gasteiger partial charge on any atom is -0.476 e. The number of carboxylic acid groups (broad SMARTS) is 1. The number of ether oxygens (including phenoxy) is 1. The molecule has 1 heterocycles. The largest absolute Gasteiger partial charge is 0.476 e. The minimum atomic E-state index is -1.22. The van der Waals surface area contributed by atoms with Crippen LogP contribution in [0.15, 0.2) is 60.8 Å². The second-order valence-electron chi connectivity index (χ2n) is 4.71. The first-order valence-corrected chi connectivity index (χ1v) is 6.83. The second kappa shape index (κ2) is 6.15. The van der Waals surface area contributed by atoms with Gasteiger partial charge >= 0.3 is 5.97 Å². The summed E-state index contributed by atoms with van der Waals surface area (Å²) in [6.45, 7) is 0. The number of hydrogen-bond donors (Lipinski definition) is 2. The number of aromatic carboxylic acids is 1. The summed E-state index contributed by atoms with van der Waals surface area (Å²) in [4.78, 5) is 19.1. The third kappa shape index (κ3) is 3.11. The van der Waals surface area contributed by atoms with Gasteiger partial charge in [0.25, 0.3) is 0 Å². The molecule has 0 spiro atoms. The Labute approximate surface area is 132 Å². The van der Waals surface area contributed by atoms with E-state index in [0.717, 1.165) is 0 Å². The maximum Gasteiger partial charge on any atom is 0.358 e. The Morgan fingerprint density at radius 3 is 2.48 bits per heavy atom. The van der Waals surface area contributed by atoms with Crippen molar-refractivity contribution in [1.29, 1.82) is 0 Å². The summed E-state index contributed by atoms with van der Waals surface area (Å²) in [7, 11) is 0. The molecule has 0 fully saturated rings. The van der Waals surface area contributed by atoms with E-state index in [0.29, 0.717) is 22.8 Å². The molecule has 23 heavy (non-hydrogen) atoms. The van der Waals surface area contributed by atoms with Gasteiger partial charge in [-0.15, -0.1) is 0 Å². The molecule has 0 unspecified atom stereocenters. The number of nitrogens with zero attached hydrogens (tertiary/aromatic N) is 2. The van der Waals surface area contributed by atoms with Crippen molar-refractivity contribution in [2.45, 2.75) is 0 Å². The summed E-state index contributed by atoms with van der Waals surface area (Å²) in [5.74, 6) is -0.128. The summed E-state index contributed by atoms with van der Waals surface area (Å²) in [6.07, 6.45) is 1.43. The van der Waals surface area contributed by atoms with Gasteiger partial charge in [-0.3, -0.25) is 0 Å². The van der Waals surface area contributed by atoms with Crippen LogP contribution >= 0.6 is 0 Å². The predicted octanol–water partition coefficient (Wildman–Crippen LogP) is 3.22. The summed E-state index contributed by atoms with van der Waals surface area (Å²) < 4.78 is 5.85. The molecule has 0 aliphatic heterocycles. The van der Waals surface area contributed by atoms with Gasteiger partial charge < -0.3 is 15.6 Å². The van der Waals surface area contributed by atoms with E-state index in [1.165, 1.54) is 6.20 Å². The quantitative estimate of drug-likeness (QED) is 0.768. The Bertz CT molecular complexity index is 851. The van der Waals surface area contributed by atoms with E-state index in [1.807, 2.05) is 42.5 Å². The van der Waals surface area contributed by atoms with Crippen LogP contribution in [0.5, 0.6) is 11.5 Å². The number of carboxylic acids is 1. The average Bonchev–Trinajstić information content (AvgIpc) is 2.57. The molecular formula is C17H13N3O3. The molecule has 114 valence electrons. The molecule has 6 nitrogen and oxygen atoms in total. The maximum atomic E-state index is 11.2. The van der Waals surface area contributed by atoms with Crippen LogP contribution in [-0.2, 0) is 0 Å². The normalized spacial score (nSPS) is 10.3. The highest BCUT2D eigenvalue weighted by molar-refractivity contribution is 5.91. The van der Waals surface area contributed by atoms with Gasteiger partial charge in [-0.2, -0.15) is 0 Å². The van der Waals surface area contributed by atoms with Gasteiger partial charge in [-0.05, 0) is 24.3 Å².